The summed E-state index contributed by atoms with van der Waals surface area (Å²) in [6.45, 7) is 1.89. The van der Waals surface area contributed by atoms with Crippen molar-refractivity contribution in [2.45, 2.75) is 45.1 Å². The van der Waals surface area contributed by atoms with Gasteiger partial charge in [0.2, 0.25) is 0 Å². The lowest BCUT2D eigenvalue weighted by atomic mass is 9.98. The molecule has 1 amide bonds. The summed E-state index contributed by atoms with van der Waals surface area (Å²) < 4.78 is 7.86. The zero-order valence-corrected chi connectivity index (χ0v) is 16.2. The Morgan fingerprint density at radius 3 is 2.82 bits per heavy atom. The minimum atomic E-state index is -0.533. The van der Waals surface area contributed by atoms with E-state index in [1.165, 1.54) is 25.5 Å². The van der Waals surface area contributed by atoms with Gasteiger partial charge in [0.25, 0.3) is 5.91 Å². The van der Waals surface area contributed by atoms with Crippen LogP contribution in [0.1, 0.15) is 48.2 Å². The Kier molecular flexibility index (Phi) is 4.90. The molecule has 1 aliphatic rings. The van der Waals surface area contributed by atoms with E-state index < -0.39 is 5.91 Å². The molecule has 28 heavy (non-hydrogen) atoms. The summed E-state index contributed by atoms with van der Waals surface area (Å²) in [6.07, 6.45) is 7.71. The minimum Gasteiger partial charge on any atom is -0.490 e. The molecule has 0 aliphatic heterocycles. The van der Waals surface area contributed by atoms with Gasteiger partial charge < -0.3 is 15.8 Å². The SMILES string of the molecule is Cc1nn(C)c2ncc(C(N)=O)c(Nc3cccc(OC4CCCCC4)c3)c12. The van der Waals surface area contributed by atoms with Gasteiger partial charge in [-0.1, -0.05) is 12.5 Å². The summed E-state index contributed by atoms with van der Waals surface area (Å²) in [7, 11) is 1.83. The van der Waals surface area contributed by atoms with Crippen molar-refractivity contribution in [1.29, 1.82) is 0 Å². The quantitative estimate of drug-likeness (QED) is 0.702. The Morgan fingerprint density at radius 2 is 2.07 bits per heavy atom. The fourth-order valence-electron chi connectivity index (χ4n) is 3.90. The normalized spacial score (nSPS) is 14.9. The molecule has 1 fully saturated rings. The summed E-state index contributed by atoms with van der Waals surface area (Å²) >= 11 is 0. The highest BCUT2D eigenvalue weighted by Gasteiger charge is 2.19. The molecule has 2 aromatic heterocycles. The lowest BCUT2D eigenvalue weighted by Crippen LogP contribution is -2.19. The number of pyridine rings is 1. The third-order valence-corrected chi connectivity index (χ3v) is 5.25. The Hall–Kier alpha value is -3.09. The van der Waals surface area contributed by atoms with Crippen LogP contribution >= 0.6 is 0 Å². The summed E-state index contributed by atoms with van der Waals surface area (Å²) in [5.74, 6) is 0.292. The average molecular weight is 379 g/mol. The van der Waals surface area contributed by atoms with E-state index in [2.05, 4.69) is 15.4 Å². The second kappa shape index (κ2) is 7.50. The van der Waals surface area contributed by atoms with Crippen molar-refractivity contribution in [2.75, 3.05) is 5.32 Å². The molecule has 2 heterocycles. The zero-order chi connectivity index (χ0) is 19.7. The Morgan fingerprint density at radius 1 is 1.29 bits per heavy atom. The maximum atomic E-state index is 12.0. The molecule has 3 aromatic rings. The van der Waals surface area contributed by atoms with Crippen molar-refractivity contribution in [1.82, 2.24) is 14.8 Å². The number of nitrogens with zero attached hydrogens (tertiary/aromatic N) is 3. The topological polar surface area (TPSA) is 95.1 Å². The van der Waals surface area contributed by atoms with Crippen LogP contribution in [0.3, 0.4) is 0 Å². The number of nitrogens with two attached hydrogens (primary N) is 1. The third-order valence-electron chi connectivity index (χ3n) is 5.25. The summed E-state index contributed by atoms with van der Waals surface area (Å²) in [5, 5.41) is 8.57. The maximum Gasteiger partial charge on any atom is 0.252 e. The fraction of sp³-hybridized carbons (Fsp3) is 0.381. The van der Waals surface area contributed by atoms with Gasteiger partial charge in [-0.05, 0) is 44.7 Å². The van der Waals surface area contributed by atoms with Gasteiger partial charge in [-0.15, -0.1) is 0 Å². The number of hydrogen-bond acceptors (Lipinski definition) is 5. The summed E-state index contributed by atoms with van der Waals surface area (Å²) in [4.78, 5) is 16.3. The molecule has 0 spiro atoms. The smallest absolute Gasteiger partial charge is 0.252 e. The molecule has 1 aromatic carbocycles. The number of nitrogens with one attached hydrogen (secondary N) is 1. The van der Waals surface area contributed by atoms with Crippen LogP contribution in [0.5, 0.6) is 5.75 Å². The van der Waals surface area contributed by atoms with E-state index in [-0.39, 0.29) is 6.10 Å². The number of ether oxygens (including phenoxy) is 1. The van der Waals surface area contributed by atoms with Crippen molar-refractivity contribution < 1.29 is 9.53 Å². The highest BCUT2D eigenvalue weighted by molar-refractivity contribution is 6.07. The van der Waals surface area contributed by atoms with Crippen LogP contribution < -0.4 is 15.8 Å². The van der Waals surface area contributed by atoms with Crippen LogP contribution in [-0.4, -0.2) is 26.8 Å². The molecule has 0 bridgehead atoms. The van der Waals surface area contributed by atoms with Crippen LogP contribution in [0.25, 0.3) is 11.0 Å². The van der Waals surface area contributed by atoms with E-state index in [9.17, 15) is 4.79 Å². The van der Waals surface area contributed by atoms with Gasteiger partial charge in [0.1, 0.15) is 5.75 Å². The standard InChI is InChI=1S/C21H25N5O2/c1-13-18-19(17(20(22)27)12-23-21(18)26(2)25-13)24-14-7-6-10-16(11-14)28-15-8-4-3-5-9-15/h6-7,10-12,15H,3-5,8-9H2,1-2H3,(H2,22,27)(H,23,24). The van der Waals surface area contributed by atoms with Crippen LogP contribution in [0.15, 0.2) is 30.5 Å². The third kappa shape index (κ3) is 3.52. The van der Waals surface area contributed by atoms with Crippen molar-refractivity contribution in [3.8, 4) is 5.75 Å². The largest absolute Gasteiger partial charge is 0.490 e. The number of hydrogen-bond donors (Lipinski definition) is 2. The second-order valence-corrected chi connectivity index (χ2v) is 7.35. The van der Waals surface area contributed by atoms with Gasteiger partial charge in [0.15, 0.2) is 5.65 Å². The minimum absolute atomic E-state index is 0.276. The molecule has 7 nitrogen and oxygen atoms in total. The zero-order valence-electron chi connectivity index (χ0n) is 16.2. The summed E-state index contributed by atoms with van der Waals surface area (Å²) in [5.41, 5.74) is 8.86. The Bertz CT molecular complexity index is 1020. The average Bonchev–Trinajstić information content (AvgIpc) is 2.97. The Balaban J connectivity index is 1.68. The number of primary amides is 1. The number of benzene rings is 1. The highest BCUT2D eigenvalue weighted by atomic mass is 16.5. The first-order valence-corrected chi connectivity index (χ1v) is 9.69. The number of aromatic nitrogens is 3. The fourth-order valence-corrected chi connectivity index (χ4v) is 3.90. The number of anilines is 2. The van der Waals surface area contributed by atoms with Crippen LogP contribution in [0, 0.1) is 6.92 Å². The first-order valence-electron chi connectivity index (χ1n) is 9.69. The lowest BCUT2D eigenvalue weighted by molar-refractivity contribution is 0.100. The van der Waals surface area contributed by atoms with Gasteiger partial charge in [-0.3, -0.25) is 9.48 Å². The van der Waals surface area contributed by atoms with Crippen molar-refractivity contribution in [3.63, 3.8) is 0 Å². The molecular weight excluding hydrogens is 354 g/mol. The lowest BCUT2D eigenvalue weighted by Gasteiger charge is -2.23. The van der Waals surface area contributed by atoms with Crippen molar-refractivity contribution >= 4 is 28.3 Å². The predicted octanol–water partition coefficient (Wildman–Crippen LogP) is 3.83. The van der Waals surface area contributed by atoms with Crippen molar-refractivity contribution in [2.24, 2.45) is 12.8 Å². The molecule has 3 N–H and O–H groups in total. The maximum absolute atomic E-state index is 12.0. The van der Waals surface area contributed by atoms with E-state index in [1.807, 2.05) is 38.2 Å². The number of amides is 1. The number of fused-ring (bicyclic) bond motifs is 1. The number of rotatable bonds is 5. The highest BCUT2D eigenvalue weighted by Crippen LogP contribution is 2.32. The van der Waals surface area contributed by atoms with E-state index in [0.717, 1.165) is 35.4 Å². The predicted molar refractivity (Wildman–Crippen MR) is 109 cm³/mol. The molecule has 1 saturated carbocycles. The van der Waals surface area contributed by atoms with Crippen LogP contribution in [-0.2, 0) is 7.05 Å². The summed E-state index contributed by atoms with van der Waals surface area (Å²) in [6, 6.07) is 7.80. The van der Waals surface area contributed by atoms with Gasteiger partial charge in [-0.2, -0.15) is 5.10 Å². The van der Waals surface area contributed by atoms with E-state index in [1.54, 1.807) is 4.68 Å². The van der Waals surface area contributed by atoms with Crippen LogP contribution in [0.4, 0.5) is 11.4 Å². The van der Waals surface area contributed by atoms with Crippen molar-refractivity contribution in [3.05, 3.63) is 41.7 Å². The molecule has 0 radical (unpaired) electrons. The molecule has 1 aliphatic carbocycles. The molecule has 0 atom stereocenters. The molecular formula is C21H25N5O2. The number of carbonyl (C=O) groups is 1. The first-order chi connectivity index (χ1) is 13.5. The monoisotopic (exact) mass is 379 g/mol. The molecule has 7 heteroatoms. The molecule has 0 saturated heterocycles. The molecule has 146 valence electrons. The first kappa shape index (κ1) is 18.3. The van der Waals surface area contributed by atoms with E-state index in [0.29, 0.717) is 16.9 Å². The Labute approximate surface area is 163 Å². The van der Waals surface area contributed by atoms with Gasteiger partial charge in [-0.25, -0.2) is 4.98 Å². The van der Waals surface area contributed by atoms with Gasteiger partial charge in [0, 0.05) is 25.0 Å². The molecule has 0 unspecified atom stereocenters. The van der Waals surface area contributed by atoms with Crippen LogP contribution in [0.2, 0.25) is 0 Å². The van der Waals surface area contributed by atoms with E-state index in [4.69, 9.17) is 10.5 Å². The van der Waals surface area contributed by atoms with Gasteiger partial charge in [0.05, 0.1) is 28.4 Å². The number of aryl methyl sites for hydroxylation is 2. The second-order valence-electron chi connectivity index (χ2n) is 7.35. The van der Waals surface area contributed by atoms with Gasteiger partial charge >= 0.3 is 0 Å². The molecule has 4 rings (SSSR count). The number of carbonyl (C=O) groups excluding carboxylic acids is 1. The van der Waals surface area contributed by atoms with E-state index >= 15 is 0 Å².